The van der Waals surface area contributed by atoms with Gasteiger partial charge < -0.3 is 4.74 Å². The topological polar surface area (TPSA) is 12.5 Å². The van der Waals surface area contributed by atoms with Crippen molar-refractivity contribution in [3.8, 4) is 0 Å². The van der Waals surface area contributed by atoms with Crippen molar-refractivity contribution in [2.45, 2.75) is 56.9 Å². The molecule has 1 saturated carbocycles. The average Bonchev–Trinajstić information content (AvgIpc) is 2.12. The monoisotopic (exact) mass is 223 g/mol. The summed E-state index contributed by atoms with van der Waals surface area (Å²) >= 11 is 0. The first-order chi connectivity index (χ1) is 7.34. The van der Waals surface area contributed by atoms with Crippen LogP contribution in [0.4, 0.5) is 0 Å². The van der Waals surface area contributed by atoms with Gasteiger partial charge in [0.05, 0.1) is 18.8 Å². The van der Waals surface area contributed by atoms with E-state index in [1.54, 1.807) is 0 Å². The standard InChI is InChI=1S/C13H26BNO/c1-10-7-12(2,14)6-5-11(10)15(4)13(3)8-16-9-13/h10-11H,5-9,14H2,1-4H3. The maximum Gasteiger partial charge on any atom is 0.109 e. The second-order valence-corrected chi connectivity index (χ2v) is 7.05. The normalized spacial score (nSPS) is 43.1. The Kier molecular flexibility index (Phi) is 3.13. The Hall–Kier alpha value is -0.0151. The second kappa shape index (κ2) is 4.02. The molecule has 0 aromatic carbocycles. The van der Waals surface area contributed by atoms with Crippen molar-refractivity contribution in [3.63, 3.8) is 0 Å². The fourth-order valence-corrected chi connectivity index (χ4v) is 3.51. The maximum absolute atomic E-state index is 5.38. The van der Waals surface area contributed by atoms with E-state index in [2.05, 4.69) is 40.6 Å². The molecule has 92 valence electrons. The van der Waals surface area contributed by atoms with Crippen LogP contribution in [0.15, 0.2) is 0 Å². The summed E-state index contributed by atoms with van der Waals surface area (Å²) in [5, 5.41) is 0.549. The van der Waals surface area contributed by atoms with E-state index in [0.29, 0.717) is 10.9 Å². The fraction of sp³-hybridized carbons (Fsp3) is 1.00. The van der Waals surface area contributed by atoms with Crippen molar-refractivity contribution >= 4 is 7.85 Å². The van der Waals surface area contributed by atoms with E-state index in [1.165, 1.54) is 19.3 Å². The third-order valence-electron chi connectivity index (χ3n) is 4.82. The predicted octanol–water partition coefficient (Wildman–Crippen LogP) is 1.71. The summed E-state index contributed by atoms with van der Waals surface area (Å²) in [4.78, 5) is 2.59. The molecule has 0 bridgehead atoms. The van der Waals surface area contributed by atoms with E-state index in [4.69, 9.17) is 4.74 Å². The zero-order valence-corrected chi connectivity index (χ0v) is 11.5. The highest BCUT2D eigenvalue weighted by atomic mass is 16.5. The van der Waals surface area contributed by atoms with Crippen molar-refractivity contribution in [1.82, 2.24) is 4.90 Å². The number of nitrogens with zero attached hydrogens (tertiary/aromatic N) is 1. The quantitative estimate of drug-likeness (QED) is 0.661. The molecule has 1 aliphatic carbocycles. The molecular weight excluding hydrogens is 197 g/mol. The lowest BCUT2D eigenvalue weighted by atomic mass is 9.58. The largest absolute Gasteiger partial charge is 0.377 e. The van der Waals surface area contributed by atoms with Gasteiger partial charge in [0.1, 0.15) is 7.85 Å². The molecule has 0 spiro atoms. The minimum atomic E-state index is 0.306. The van der Waals surface area contributed by atoms with Gasteiger partial charge in [-0.05, 0) is 26.3 Å². The smallest absolute Gasteiger partial charge is 0.109 e. The molecule has 2 fully saturated rings. The van der Waals surface area contributed by atoms with Crippen molar-refractivity contribution in [3.05, 3.63) is 0 Å². The molecule has 3 atom stereocenters. The van der Waals surface area contributed by atoms with Crippen molar-refractivity contribution < 1.29 is 4.74 Å². The second-order valence-electron chi connectivity index (χ2n) is 7.05. The Morgan fingerprint density at radius 3 is 2.38 bits per heavy atom. The molecule has 0 N–H and O–H groups in total. The average molecular weight is 223 g/mol. The first-order valence-electron chi connectivity index (χ1n) is 6.65. The van der Waals surface area contributed by atoms with E-state index < -0.39 is 0 Å². The molecule has 3 unspecified atom stereocenters. The van der Waals surface area contributed by atoms with Gasteiger partial charge in [-0.2, -0.15) is 0 Å². The van der Waals surface area contributed by atoms with E-state index in [1.807, 2.05) is 0 Å². The Morgan fingerprint density at radius 2 is 1.94 bits per heavy atom. The third kappa shape index (κ3) is 2.17. The Balaban J connectivity index is 2.00. The number of ether oxygens (including phenoxy) is 1. The van der Waals surface area contributed by atoms with Crippen LogP contribution in [0.3, 0.4) is 0 Å². The van der Waals surface area contributed by atoms with Gasteiger partial charge in [0.25, 0.3) is 0 Å². The van der Waals surface area contributed by atoms with Crippen molar-refractivity contribution in [1.29, 1.82) is 0 Å². The zero-order chi connectivity index (χ0) is 12.0. The Labute approximate surface area is 101 Å². The molecule has 1 heterocycles. The van der Waals surface area contributed by atoms with Crippen LogP contribution in [0, 0.1) is 5.92 Å². The first-order valence-corrected chi connectivity index (χ1v) is 6.65. The van der Waals surface area contributed by atoms with Crippen LogP contribution in [0.5, 0.6) is 0 Å². The molecule has 0 radical (unpaired) electrons. The molecule has 2 nitrogen and oxygen atoms in total. The highest BCUT2D eigenvalue weighted by molar-refractivity contribution is 6.14. The lowest BCUT2D eigenvalue weighted by Gasteiger charge is -2.53. The molecule has 0 aromatic rings. The van der Waals surface area contributed by atoms with Gasteiger partial charge in [-0.15, -0.1) is 0 Å². The molecule has 2 aliphatic rings. The number of hydrogen-bond acceptors (Lipinski definition) is 2. The zero-order valence-electron chi connectivity index (χ0n) is 11.5. The van der Waals surface area contributed by atoms with Gasteiger partial charge in [0.2, 0.25) is 0 Å². The molecule has 1 saturated heterocycles. The van der Waals surface area contributed by atoms with Crippen LogP contribution in [0.1, 0.15) is 40.0 Å². The van der Waals surface area contributed by atoms with Gasteiger partial charge >= 0.3 is 0 Å². The first kappa shape index (κ1) is 12.4. The summed E-state index contributed by atoms with van der Waals surface area (Å²) in [5.41, 5.74) is 0.306. The van der Waals surface area contributed by atoms with Crippen LogP contribution in [-0.2, 0) is 4.74 Å². The summed E-state index contributed by atoms with van der Waals surface area (Å²) in [5.74, 6) is 0.811. The third-order valence-corrected chi connectivity index (χ3v) is 4.82. The SMILES string of the molecule is BC1(C)CCC(N(C)C2(C)COC2)C(C)C1. The number of likely N-dealkylation sites (N-methyl/N-ethyl adjacent to an activating group) is 1. The molecule has 1 aliphatic heterocycles. The van der Waals surface area contributed by atoms with Gasteiger partial charge in [-0.3, -0.25) is 4.90 Å². The highest BCUT2D eigenvalue weighted by Gasteiger charge is 2.44. The minimum absolute atomic E-state index is 0.306. The lowest BCUT2D eigenvalue weighted by molar-refractivity contribution is -0.144. The van der Waals surface area contributed by atoms with Crippen LogP contribution in [0.25, 0.3) is 0 Å². The molecule has 0 aromatic heterocycles. The number of rotatable bonds is 2. The lowest BCUT2D eigenvalue weighted by Crippen LogP contribution is -2.63. The molecule has 16 heavy (non-hydrogen) atoms. The summed E-state index contributed by atoms with van der Waals surface area (Å²) in [7, 11) is 4.70. The molecule has 3 heteroatoms. The van der Waals surface area contributed by atoms with E-state index in [-0.39, 0.29) is 0 Å². The summed E-state index contributed by atoms with van der Waals surface area (Å²) in [6.07, 6.45) is 4.07. The van der Waals surface area contributed by atoms with E-state index in [9.17, 15) is 0 Å². The van der Waals surface area contributed by atoms with Gasteiger partial charge in [-0.1, -0.05) is 32.0 Å². The molecular formula is C13H26BNO. The highest BCUT2D eigenvalue weighted by Crippen LogP contribution is 2.45. The Morgan fingerprint density at radius 1 is 1.31 bits per heavy atom. The summed E-state index contributed by atoms with van der Waals surface area (Å²) in [6.45, 7) is 8.99. The van der Waals surface area contributed by atoms with E-state index >= 15 is 0 Å². The van der Waals surface area contributed by atoms with Gasteiger partial charge in [0.15, 0.2) is 0 Å². The molecule has 0 amide bonds. The van der Waals surface area contributed by atoms with Crippen LogP contribution < -0.4 is 0 Å². The molecule has 2 rings (SSSR count). The van der Waals surface area contributed by atoms with Crippen molar-refractivity contribution in [2.24, 2.45) is 5.92 Å². The Bertz CT molecular complexity index is 263. The summed E-state index contributed by atoms with van der Waals surface area (Å²) in [6, 6.07) is 0.752. The van der Waals surface area contributed by atoms with Crippen molar-refractivity contribution in [2.75, 3.05) is 20.3 Å². The predicted molar refractivity (Wildman–Crippen MR) is 70.7 cm³/mol. The fourth-order valence-electron chi connectivity index (χ4n) is 3.51. The van der Waals surface area contributed by atoms with Gasteiger partial charge in [0, 0.05) is 6.04 Å². The minimum Gasteiger partial charge on any atom is -0.377 e. The van der Waals surface area contributed by atoms with Crippen LogP contribution >= 0.6 is 0 Å². The van der Waals surface area contributed by atoms with E-state index in [0.717, 1.165) is 25.2 Å². The summed E-state index contributed by atoms with van der Waals surface area (Å²) < 4.78 is 5.38. The number of hydrogen-bond donors (Lipinski definition) is 0. The maximum atomic E-state index is 5.38. The van der Waals surface area contributed by atoms with Gasteiger partial charge in [-0.25, -0.2) is 0 Å². The van der Waals surface area contributed by atoms with Crippen LogP contribution in [0.2, 0.25) is 5.31 Å². The van der Waals surface area contributed by atoms with Crippen LogP contribution in [-0.4, -0.2) is 44.6 Å².